The fraction of sp³-hybridized carbons (Fsp3) is 0.214. The van der Waals surface area contributed by atoms with Crippen LogP contribution in [0.3, 0.4) is 0 Å². The Balaban J connectivity index is 2.09. The lowest BCUT2D eigenvalue weighted by Crippen LogP contribution is -2.08. The third kappa shape index (κ3) is 2.05. The van der Waals surface area contributed by atoms with Crippen LogP contribution in [0.25, 0.3) is 10.1 Å². The van der Waals surface area contributed by atoms with Gasteiger partial charge in [0.15, 0.2) is 0 Å². The summed E-state index contributed by atoms with van der Waals surface area (Å²) < 4.78 is 3.33. The second-order valence-corrected chi connectivity index (χ2v) is 5.37. The Morgan fingerprint density at radius 3 is 2.94 bits per heavy atom. The van der Waals surface area contributed by atoms with Gasteiger partial charge in [-0.15, -0.1) is 11.3 Å². The van der Waals surface area contributed by atoms with Crippen molar-refractivity contribution in [3.63, 3.8) is 0 Å². The molecule has 0 atom stereocenters. The Bertz CT molecular complexity index is 640. The van der Waals surface area contributed by atoms with Crippen molar-refractivity contribution in [2.24, 2.45) is 0 Å². The first kappa shape index (κ1) is 11.4. The zero-order valence-corrected chi connectivity index (χ0v) is 11.1. The maximum atomic E-state index is 4.30. The lowest BCUT2D eigenvalue weighted by molar-refractivity contribution is 0.682. The number of hydrogen-bond donors (Lipinski definition) is 1. The predicted octanol–water partition coefficient (Wildman–Crippen LogP) is 2.87. The Morgan fingerprint density at radius 1 is 1.28 bits per heavy atom. The number of benzene rings is 1. The van der Waals surface area contributed by atoms with E-state index in [1.54, 1.807) is 0 Å². The van der Waals surface area contributed by atoms with E-state index in [0.29, 0.717) is 0 Å². The van der Waals surface area contributed by atoms with Crippen LogP contribution in [-0.4, -0.2) is 16.8 Å². The van der Waals surface area contributed by atoms with E-state index in [1.165, 1.54) is 20.5 Å². The van der Waals surface area contributed by atoms with E-state index in [1.807, 2.05) is 41.5 Å². The van der Waals surface area contributed by atoms with Gasteiger partial charge in [0, 0.05) is 28.5 Å². The van der Waals surface area contributed by atoms with Crippen molar-refractivity contribution < 1.29 is 0 Å². The van der Waals surface area contributed by atoms with E-state index in [0.717, 1.165) is 13.1 Å². The first-order valence-electron chi connectivity index (χ1n) is 6.00. The molecule has 2 aromatic heterocycles. The molecule has 0 saturated carbocycles. The molecule has 0 aliphatic carbocycles. The summed E-state index contributed by atoms with van der Waals surface area (Å²) in [5.41, 5.74) is 1.38. The monoisotopic (exact) mass is 257 g/mol. The van der Waals surface area contributed by atoms with Crippen molar-refractivity contribution >= 4 is 21.4 Å². The normalized spacial score (nSPS) is 11.2. The Hall–Kier alpha value is -1.65. The Morgan fingerprint density at radius 2 is 2.17 bits per heavy atom. The average molecular weight is 257 g/mol. The highest BCUT2D eigenvalue weighted by atomic mass is 32.1. The molecule has 0 aliphatic rings. The molecule has 2 heterocycles. The van der Waals surface area contributed by atoms with Crippen molar-refractivity contribution in [3.05, 3.63) is 53.2 Å². The van der Waals surface area contributed by atoms with Crippen molar-refractivity contribution in [2.45, 2.75) is 13.1 Å². The molecular weight excluding hydrogens is 242 g/mol. The van der Waals surface area contributed by atoms with Gasteiger partial charge in [-0.2, -0.15) is 5.10 Å². The van der Waals surface area contributed by atoms with Gasteiger partial charge in [0.1, 0.15) is 0 Å². The Labute approximate surface area is 110 Å². The lowest BCUT2D eigenvalue weighted by Gasteiger charge is -2.04. The highest BCUT2D eigenvalue weighted by Crippen LogP contribution is 2.31. The van der Waals surface area contributed by atoms with Crippen LogP contribution >= 0.6 is 11.3 Å². The summed E-state index contributed by atoms with van der Waals surface area (Å²) in [4.78, 5) is 1.40. The highest BCUT2D eigenvalue weighted by molar-refractivity contribution is 7.19. The summed E-state index contributed by atoms with van der Waals surface area (Å²) in [5, 5.41) is 8.90. The SMILES string of the molecule is CNCc1sc2ccccc2c1Cn1cccn1. The minimum Gasteiger partial charge on any atom is -0.315 e. The molecule has 0 amide bonds. The van der Waals surface area contributed by atoms with Gasteiger partial charge in [0.25, 0.3) is 0 Å². The van der Waals surface area contributed by atoms with Crippen LogP contribution < -0.4 is 5.32 Å². The van der Waals surface area contributed by atoms with Crippen LogP contribution in [0.5, 0.6) is 0 Å². The van der Waals surface area contributed by atoms with Crippen molar-refractivity contribution in [2.75, 3.05) is 7.05 Å². The van der Waals surface area contributed by atoms with E-state index in [9.17, 15) is 0 Å². The van der Waals surface area contributed by atoms with Gasteiger partial charge < -0.3 is 5.32 Å². The smallest absolute Gasteiger partial charge is 0.0676 e. The summed E-state index contributed by atoms with van der Waals surface area (Å²) in [6.45, 7) is 1.75. The molecule has 92 valence electrons. The van der Waals surface area contributed by atoms with Crippen molar-refractivity contribution in [1.82, 2.24) is 15.1 Å². The maximum Gasteiger partial charge on any atom is 0.0676 e. The summed E-state index contributed by atoms with van der Waals surface area (Å²) in [5.74, 6) is 0. The number of hydrogen-bond acceptors (Lipinski definition) is 3. The standard InChI is InChI=1S/C14H15N3S/c1-15-9-14-12(10-17-8-4-7-16-17)11-5-2-3-6-13(11)18-14/h2-8,15H,9-10H2,1H3. The number of aromatic nitrogens is 2. The number of rotatable bonds is 4. The van der Waals surface area contributed by atoms with E-state index in [-0.39, 0.29) is 0 Å². The molecule has 0 spiro atoms. The molecule has 0 radical (unpaired) electrons. The molecular formula is C14H15N3S. The second kappa shape index (κ2) is 4.92. The number of nitrogens with zero attached hydrogens (tertiary/aromatic N) is 2. The van der Waals surface area contributed by atoms with Gasteiger partial charge in [-0.3, -0.25) is 4.68 Å². The molecule has 18 heavy (non-hydrogen) atoms. The number of fused-ring (bicyclic) bond motifs is 1. The van der Waals surface area contributed by atoms with Crippen molar-refractivity contribution in [3.8, 4) is 0 Å². The molecule has 1 N–H and O–H groups in total. The molecule has 3 rings (SSSR count). The largest absolute Gasteiger partial charge is 0.315 e. The topological polar surface area (TPSA) is 29.9 Å². The van der Waals surface area contributed by atoms with Crippen LogP contribution in [-0.2, 0) is 13.1 Å². The van der Waals surface area contributed by atoms with Crippen LogP contribution in [0.1, 0.15) is 10.4 Å². The van der Waals surface area contributed by atoms with E-state index in [4.69, 9.17) is 0 Å². The molecule has 4 heteroatoms. The molecule has 0 unspecified atom stereocenters. The summed E-state index contributed by atoms with van der Waals surface area (Å²) in [7, 11) is 1.99. The summed E-state index contributed by atoms with van der Waals surface area (Å²) in [6, 6.07) is 10.5. The molecule has 0 saturated heterocycles. The highest BCUT2D eigenvalue weighted by Gasteiger charge is 2.11. The fourth-order valence-corrected chi connectivity index (χ4v) is 3.41. The maximum absolute atomic E-state index is 4.30. The molecule has 0 fully saturated rings. The van der Waals surface area contributed by atoms with Crippen LogP contribution in [0, 0.1) is 0 Å². The van der Waals surface area contributed by atoms with Gasteiger partial charge in [0.2, 0.25) is 0 Å². The first-order chi connectivity index (χ1) is 8.88. The molecule has 0 aliphatic heterocycles. The Kier molecular flexibility index (Phi) is 3.13. The zero-order chi connectivity index (χ0) is 12.4. The fourth-order valence-electron chi connectivity index (χ4n) is 2.18. The second-order valence-electron chi connectivity index (χ2n) is 4.23. The molecule has 0 bridgehead atoms. The minimum atomic E-state index is 0.841. The van der Waals surface area contributed by atoms with Gasteiger partial charge in [-0.05, 0) is 30.1 Å². The quantitative estimate of drug-likeness (QED) is 0.779. The summed E-state index contributed by atoms with van der Waals surface area (Å²) in [6.07, 6.45) is 3.84. The third-order valence-electron chi connectivity index (χ3n) is 3.00. The first-order valence-corrected chi connectivity index (χ1v) is 6.81. The van der Waals surface area contributed by atoms with Crippen LogP contribution in [0.4, 0.5) is 0 Å². The van der Waals surface area contributed by atoms with Gasteiger partial charge in [0.05, 0.1) is 6.54 Å². The third-order valence-corrected chi connectivity index (χ3v) is 4.21. The summed E-state index contributed by atoms with van der Waals surface area (Å²) >= 11 is 1.87. The number of thiophene rings is 1. The van der Waals surface area contributed by atoms with Crippen LogP contribution in [0.2, 0.25) is 0 Å². The minimum absolute atomic E-state index is 0.841. The predicted molar refractivity (Wildman–Crippen MR) is 75.9 cm³/mol. The average Bonchev–Trinajstić information content (AvgIpc) is 3.00. The van der Waals surface area contributed by atoms with Gasteiger partial charge in [-0.1, -0.05) is 18.2 Å². The van der Waals surface area contributed by atoms with Crippen molar-refractivity contribution in [1.29, 1.82) is 0 Å². The van der Waals surface area contributed by atoms with E-state index < -0.39 is 0 Å². The molecule has 1 aromatic carbocycles. The molecule has 3 aromatic rings. The van der Waals surface area contributed by atoms with Gasteiger partial charge >= 0.3 is 0 Å². The number of nitrogens with one attached hydrogen (secondary N) is 1. The molecule has 3 nitrogen and oxygen atoms in total. The lowest BCUT2D eigenvalue weighted by atomic mass is 10.1. The van der Waals surface area contributed by atoms with E-state index in [2.05, 4.69) is 34.7 Å². The van der Waals surface area contributed by atoms with Gasteiger partial charge in [-0.25, -0.2) is 0 Å². The van der Waals surface area contributed by atoms with E-state index >= 15 is 0 Å². The van der Waals surface area contributed by atoms with Crippen LogP contribution in [0.15, 0.2) is 42.7 Å². The zero-order valence-electron chi connectivity index (χ0n) is 10.3.